The van der Waals surface area contributed by atoms with Crippen LogP contribution in [-0.2, 0) is 13.1 Å². The predicted molar refractivity (Wildman–Crippen MR) is 128 cm³/mol. The Labute approximate surface area is 192 Å². The van der Waals surface area contributed by atoms with E-state index < -0.39 is 0 Å². The quantitative estimate of drug-likeness (QED) is 0.429. The van der Waals surface area contributed by atoms with Gasteiger partial charge in [0.2, 0.25) is 5.95 Å². The summed E-state index contributed by atoms with van der Waals surface area (Å²) in [5, 5.41) is 0. The molecule has 0 atom stereocenters. The van der Waals surface area contributed by atoms with Crippen molar-refractivity contribution in [2.45, 2.75) is 33.0 Å². The molecule has 1 aromatic carbocycles. The van der Waals surface area contributed by atoms with Crippen LogP contribution in [0.5, 0.6) is 5.75 Å². The maximum absolute atomic E-state index is 5.84. The number of nitrogens with zero attached hydrogens (tertiary/aromatic N) is 6. The molecule has 0 radical (unpaired) electrons. The molecule has 0 bridgehead atoms. The Morgan fingerprint density at radius 2 is 1.67 bits per heavy atom. The van der Waals surface area contributed by atoms with Gasteiger partial charge in [-0.15, -0.1) is 0 Å². The molecule has 0 amide bonds. The molecule has 7 nitrogen and oxygen atoms in total. The van der Waals surface area contributed by atoms with Crippen molar-refractivity contribution in [3.63, 3.8) is 0 Å². The monoisotopic (exact) mass is 436 g/mol. The summed E-state index contributed by atoms with van der Waals surface area (Å²) in [6.45, 7) is 5.57. The minimum atomic E-state index is 0.149. The zero-order chi connectivity index (χ0) is 22.6. The molecular weight excluding hydrogens is 412 g/mol. The standard InChI is InChI=1S/C26H24N6O/c1-18(2)33-23-6-4-20-16-32(17-21(20)15-23)26-29-14-10-24(31-26)25-28-13-9-22(30-25)5-3-19-7-11-27-12-8-19/h3-15,18H,16-17H2,1-2H3/b5-3+. The summed E-state index contributed by atoms with van der Waals surface area (Å²) in [5.41, 5.74) is 5.06. The third-order valence-corrected chi connectivity index (χ3v) is 5.26. The van der Waals surface area contributed by atoms with Crippen LogP contribution >= 0.6 is 0 Å². The van der Waals surface area contributed by atoms with Crippen molar-refractivity contribution in [1.82, 2.24) is 24.9 Å². The fourth-order valence-electron chi connectivity index (χ4n) is 3.73. The fourth-order valence-corrected chi connectivity index (χ4v) is 3.73. The number of benzene rings is 1. The summed E-state index contributed by atoms with van der Waals surface area (Å²) in [7, 11) is 0. The number of rotatable bonds is 6. The normalized spacial score (nSPS) is 13.0. The van der Waals surface area contributed by atoms with E-state index in [-0.39, 0.29) is 6.10 Å². The van der Waals surface area contributed by atoms with Crippen molar-refractivity contribution in [3.05, 3.63) is 89.6 Å². The van der Waals surface area contributed by atoms with Crippen molar-refractivity contribution in [1.29, 1.82) is 0 Å². The zero-order valence-electron chi connectivity index (χ0n) is 18.6. The van der Waals surface area contributed by atoms with Gasteiger partial charge in [-0.3, -0.25) is 4.98 Å². The molecule has 0 spiro atoms. The summed E-state index contributed by atoms with van der Waals surface area (Å²) in [6, 6.07) is 13.9. The number of aromatic nitrogens is 5. The third-order valence-electron chi connectivity index (χ3n) is 5.26. The molecular formula is C26H24N6O. The molecule has 0 saturated carbocycles. The largest absolute Gasteiger partial charge is 0.491 e. The number of fused-ring (bicyclic) bond motifs is 1. The number of ether oxygens (including phenoxy) is 1. The Morgan fingerprint density at radius 3 is 2.52 bits per heavy atom. The molecule has 4 heterocycles. The van der Waals surface area contributed by atoms with E-state index in [1.807, 2.05) is 56.3 Å². The van der Waals surface area contributed by atoms with E-state index in [1.54, 1.807) is 24.8 Å². The lowest BCUT2D eigenvalue weighted by molar-refractivity contribution is 0.242. The molecule has 5 rings (SSSR count). The lowest BCUT2D eigenvalue weighted by Crippen LogP contribution is -2.17. The van der Waals surface area contributed by atoms with Crippen LogP contribution in [0, 0.1) is 0 Å². The summed E-state index contributed by atoms with van der Waals surface area (Å²) in [5.74, 6) is 2.13. The van der Waals surface area contributed by atoms with Crippen molar-refractivity contribution in [2.24, 2.45) is 0 Å². The smallest absolute Gasteiger partial charge is 0.226 e. The Balaban J connectivity index is 1.35. The highest BCUT2D eigenvalue weighted by Gasteiger charge is 2.22. The molecule has 0 unspecified atom stereocenters. The van der Waals surface area contributed by atoms with Crippen molar-refractivity contribution < 1.29 is 4.74 Å². The van der Waals surface area contributed by atoms with Gasteiger partial charge >= 0.3 is 0 Å². The summed E-state index contributed by atoms with van der Waals surface area (Å²) in [6.07, 6.45) is 11.1. The average molecular weight is 437 g/mol. The number of anilines is 1. The summed E-state index contributed by atoms with van der Waals surface area (Å²) >= 11 is 0. The Kier molecular flexibility index (Phi) is 5.76. The average Bonchev–Trinajstić information content (AvgIpc) is 3.27. The lowest BCUT2D eigenvalue weighted by atomic mass is 10.1. The van der Waals surface area contributed by atoms with E-state index in [0.29, 0.717) is 17.5 Å². The van der Waals surface area contributed by atoms with Crippen LogP contribution in [0.1, 0.15) is 36.2 Å². The Bertz CT molecular complexity index is 1290. The first-order chi connectivity index (χ1) is 16.1. The Morgan fingerprint density at radius 1 is 0.848 bits per heavy atom. The molecule has 0 aliphatic carbocycles. The predicted octanol–water partition coefficient (Wildman–Crippen LogP) is 4.81. The Hall–Kier alpha value is -4.13. The number of hydrogen-bond acceptors (Lipinski definition) is 7. The highest BCUT2D eigenvalue weighted by Crippen LogP contribution is 2.30. The number of hydrogen-bond donors (Lipinski definition) is 0. The molecule has 7 heteroatoms. The van der Waals surface area contributed by atoms with E-state index in [0.717, 1.165) is 30.1 Å². The fraction of sp³-hybridized carbons (Fsp3) is 0.192. The van der Waals surface area contributed by atoms with Crippen LogP contribution in [0.15, 0.2) is 67.3 Å². The molecule has 1 aliphatic heterocycles. The third kappa shape index (κ3) is 4.87. The lowest BCUT2D eigenvalue weighted by Gasteiger charge is -2.15. The topological polar surface area (TPSA) is 76.9 Å². The van der Waals surface area contributed by atoms with Gasteiger partial charge in [0.25, 0.3) is 0 Å². The second-order valence-corrected chi connectivity index (χ2v) is 8.11. The summed E-state index contributed by atoms with van der Waals surface area (Å²) in [4.78, 5) is 24.6. The second kappa shape index (κ2) is 9.16. The molecule has 0 fully saturated rings. The minimum absolute atomic E-state index is 0.149. The van der Waals surface area contributed by atoms with Crippen LogP contribution in [0.3, 0.4) is 0 Å². The van der Waals surface area contributed by atoms with E-state index in [2.05, 4.69) is 37.0 Å². The van der Waals surface area contributed by atoms with E-state index >= 15 is 0 Å². The van der Waals surface area contributed by atoms with Gasteiger partial charge in [0.15, 0.2) is 5.82 Å². The van der Waals surface area contributed by atoms with Crippen molar-refractivity contribution in [2.75, 3.05) is 4.90 Å². The highest BCUT2D eigenvalue weighted by molar-refractivity contribution is 5.68. The van der Waals surface area contributed by atoms with Gasteiger partial charge in [0.05, 0.1) is 11.8 Å². The zero-order valence-corrected chi connectivity index (χ0v) is 18.6. The molecule has 0 N–H and O–H groups in total. The van der Waals surface area contributed by atoms with Gasteiger partial charge in [0.1, 0.15) is 11.4 Å². The highest BCUT2D eigenvalue weighted by atomic mass is 16.5. The van der Waals surface area contributed by atoms with E-state index in [4.69, 9.17) is 9.72 Å². The van der Waals surface area contributed by atoms with E-state index in [9.17, 15) is 0 Å². The van der Waals surface area contributed by atoms with Crippen LogP contribution < -0.4 is 9.64 Å². The molecule has 1 aliphatic rings. The van der Waals surface area contributed by atoms with Gasteiger partial charge in [0, 0.05) is 37.9 Å². The van der Waals surface area contributed by atoms with Gasteiger partial charge in [-0.05, 0) is 73.0 Å². The molecule has 164 valence electrons. The van der Waals surface area contributed by atoms with Gasteiger partial charge in [-0.2, -0.15) is 0 Å². The van der Waals surface area contributed by atoms with Crippen LogP contribution in [-0.4, -0.2) is 31.0 Å². The van der Waals surface area contributed by atoms with Crippen molar-refractivity contribution in [3.8, 4) is 17.3 Å². The van der Waals surface area contributed by atoms with Gasteiger partial charge in [-0.1, -0.05) is 12.1 Å². The molecule has 0 saturated heterocycles. The van der Waals surface area contributed by atoms with E-state index in [1.165, 1.54) is 11.1 Å². The minimum Gasteiger partial charge on any atom is -0.491 e. The molecule has 3 aromatic heterocycles. The second-order valence-electron chi connectivity index (χ2n) is 8.11. The maximum Gasteiger partial charge on any atom is 0.226 e. The summed E-state index contributed by atoms with van der Waals surface area (Å²) < 4.78 is 5.84. The molecule has 4 aromatic rings. The maximum atomic E-state index is 5.84. The first-order valence-corrected chi connectivity index (χ1v) is 10.9. The van der Waals surface area contributed by atoms with Crippen LogP contribution in [0.4, 0.5) is 5.95 Å². The first kappa shape index (κ1) is 20.8. The number of pyridine rings is 1. The van der Waals surface area contributed by atoms with Crippen molar-refractivity contribution >= 4 is 18.1 Å². The molecule has 33 heavy (non-hydrogen) atoms. The van der Waals surface area contributed by atoms with Gasteiger partial charge < -0.3 is 9.64 Å². The van der Waals surface area contributed by atoms with Crippen LogP contribution in [0.2, 0.25) is 0 Å². The van der Waals surface area contributed by atoms with Gasteiger partial charge in [-0.25, -0.2) is 19.9 Å². The SMILES string of the molecule is CC(C)Oc1ccc2c(c1)CN(c1nccc(-c3nccc(/C=C/c4ccncc4)n3)n1)C2. The first-order valence-electron chi connectivity index (χ1n) is 10.9. The van der Waals surface area contributed by atoms with Crippen LogP contribution in [0.25, 0.3) is 23.7 Å².